The van der Waals surface area contributed by atoms with Gasteiger partial charge in [-0.1, -0.05) is 0 Å². The smallest absolute Gasteiger partial charge is 0.325 e. The van der Waals surface area contributed by atoms with Crippen LogP contribution in [0.5, 0.6) is 0 Å². The van der Waals surface area contributed by atoms with Crippen molar-refractivity contribution in [3.8, 4) is 0 Å². The molecule has 0 radical (unpaired) electrons. The summed E-state index contributed by atoms with van der Waals surface area (Å²) in [7, 11) is 1.41. The summed E-state index contributed by atoms with van der Waals surface area (Å²) >= 11 is 0. The van der Waals surface area contributed by atoms with E-state index in [9.17, 15) is 18.0 Å². The Morgan fingerprint density at radius 2 is 1.94 bits per heavy atom. The Morgan fingerprint density at radius 3 is 2.50 bits per heavy atom. The molecule has 4 nitrogen and oxygen atoms in total. The molecule has 100 valence electrons. The quantitative estimate of drug-likeness (QED) is 0.602. The number of rotatable bonds is 6. The minimum atomic E-state index is -1.46. The summed E-state index contributed by atoms with van der Waals surface area (Å²) in [6.45, 7) is 0.334. The van der Waals surface area contributed by atoms with Gasteiger partial charge in [0.05, 0.1) is 6.61 Å². The van der Waals surface area contributed by atoms with Gasteiger partial charge in [-0.2, -0.15) is 0 Å². The molecular formula is C11H12F3NO3. The molecule has 1 aromatic rings. The maximum atomic E-state index is 13.4. The number of nitrogens with one attached hydrogen (secondary N) is 1. The van der Waals surface area contributed by atoms with Crippen molar-refractivity contribution in [1.29, 1.82) is 0 Å². The average Bonchev–Trinajstić information content (AvgIpc) is 2.30. The number of hydrogen-bond acceptors (Lipinski definition) is 3. The van der Waals surface area contributed by atoms with Gasteiger partial charge >= 0.3 is 5.97 Å². The normalized spacial score (nSPS) is 12.4. The van der Waals surface area contributed by atoms with E-state index in [0.29, 0.717) is 12.1 Å². The van der Waals surface area contributed by atoms with Crippen LogP contribution in [0.1, 0.15) is 11.6 Å². The summed E-state index contributed by atoms with van der Waals surface area (Å²) in [5.41, 5.74) is -0.461. The molecule has 1 atom stereocenters. The summed E-state index contributed by atoms with van der Waals surface area (Å²) in [5.74, 6) is -5.18. The molecule has 2 N–H and O–H groups in total. The zero-order chi connectivity index (χ0) is 13.7. The van der Waals surface area contributed by atoms with Crippen molar-refractivity contribution in [1.82, 2.24) is 5.32 Å². The first-order chi connectivity index (χ1) is 8.47. The van der Waals surface area contributed by atoms with Crippen molar-refractivity contribution in [3.63, 3.8) is 0 Å². The van der Waals surface area contributed by atoms with Crippen LogP contribution in [0, 0.1) is 17.5 Å². The van der Waals surface area contributed by atoms with Gasteiger partial charge in [0.2, 0.25) is 0 Å². The van der Waals surface area contributed by atoms with Gasteiger partial charge in [0.1, 0.15) is 11.9 Å². The zero-order valence-corrected chi connectivity index (χ0v) is 9.54. The lowest BCUT2D eigenvalue weighted by molar-refractivity contribution is -0.139. The van der Waals surface area contributed by atoms with Gasteiger partial charge < -0.3 is 9.84 Å². The first kappa shape index (κ1) is 14.5. The predicted octanol–water partition coefficient (Wildman–Crippen LogP) is 1.47. The van der Waals surface area contributed by atoms with Crippen LogP contribution in [0.3, 0.4) is 0 Å². The molecule has 0 amide bonds. The molecule has 1 aromatic carbocycles. The number of carboxylic acid groups (broad SMARTS) is 1. The minimum Gasteiger partial charge on any atom is -0.480 e. The van der Waals surface area contributed by atoms with E-state index in [2.05, 4.69) is 5.32 Å². The van der Waals surface area contributed by atoms with E-state index >= 15 is 0 Å². The van der Waals surface area contributed by atoms with Gasteiger partial charge in [0.25, 0.3) is 0 Å². The van der Waals surface area contributed by atoms with Crippen LogP contribution in [-0.4, -0.2) is 31.3 Å². The topological polar surface area (TPSA) is 58.6 Å². The highest BCUT2D eigenvalue weighted by atomic mass is 19.2. The summed E-state index contributed by atoms with van der Waals surface area (Å²) in [4.78, 5) is 11.0. The molecule has 1 rings (SSSR count). The first-order valence-corrected chi connectivity index (χ1v) is 5.07. The Morgan fingerprint density at radius 1 is 1.33 bits per heavy atom. The molecule has 0 saturated heterocycles. The number of halogens is 3. The fourth-order valence-electron chi connectivity index (χ4n) is 1.39. The number of carbonyl (C=O) groups is 1. The molecule has 0 aliphatic heterocycles. The fourth-order valence-corrected chi connectivity index (χ4v) is 1.39. The van der Waals surface area contributed by atoms with Crippen molar-refractivity contribution in [3.05, 3.63) is 35.1 Å². The first-order valence-electron chi connectivity index (χ1n) is 5.07. The molecule has 7 heteroatoms. The van der Waals surface area contributed by atoms with Gasteiger partial charge in [-0.15, -0.1) is 0 Å². The monoisotopic (exact) mass is 263 g/mol. The maximum Gasteiger partial charge on any atom is 0.325 e. The van der Waals surface area contributed by atoms with Gasteiger partial charge in [-0.05, 0) is 6.07 Å². The van der Waals surface area contributed by atoms with Gasteiger partial charge in [-0.3, -0.25) is 10.1 Å². The van der Waals surface area contributed by atoms with E-state index in [-0.39, 0.29) is 13.2 Å². The molecule has 0 aliphatic carbocycles. The van der Waals surface area contributed by atoms with Crippen molar-refractivity contribution in [2.75, 3.05) is 20.3 Å². The average molecular weight is 263 g/mol. The van der Waals surface area contributed by atoms with Crippen LogP contribution in [0.25, 0.3) is 0 Å². The number of hydrogen-bond donors (Lipinski definition) is 2. The Labute approximate surface area is 101 Å². The summed E-state index contributed by atoms with van der Waals surface area (Å²) in [6.07, 6.45) is 0. The highest BCUT2D eigenvalue weighted by molar-refractivity contribution is 5.75. The Hall–Kier alpha value is -1.60. The van der Waals surface area contributed by atoms with Crippen molar-refractivity contribution in [2.45, 2.75) is 6.04 Å². The van der Waals surface area contributed by atoms with Gasteiger partial charge in [0, 0.05) is 25.3 Å². The summed E-state index contributed by atoms with van der Waals surface area (Å²) in [5, 5.41) is 11.4. The second kappa shape index (κ2) is 6.36. The third-order valence-electron chi connectivity index (χ3n) is 2.25. The summed E-state index contributed by atoms with van der Waals surface area (Å²) < 4.78 is 43.8. The van der Waals surface area contributed by atoms with Crippen molar-refractivity contribution >= 4 is 5.97 Å². The number of methoxy groups -OCH3 is 1. The lowest BCUT2D eigenvalue weighted by Gasteiger charge is -2.15. The largest absolute Gasteiger partial charge is 0.480 e. The maximum absolute atomic E-state index is 13.4. The van der Waals surface area contributed by atoms with E-state index in [1.165, 1.54) is 7.11 Å². The van der Waals surface area contributed by atoms with Crippen LogP contribution in [0.4, 0.5) is 13.2 Å². The Balaban J connectivity index is 2.98. The van der Waals surface area contributed by atoms with E-state index in [1.54, 1.807) is 0 Å². The molecule has 0 aromatic heterocycles. The lowest BCUT2D eigenvalue weighted by Crippen LogP contribution is -2.31. The molecule has 0 bridgehead atoms. The number of ether oxygens (including phenoxy) is 1. The van der Waals surface area contributed by atoms with E-state index in [0.717, 1.165) is 0 Å². The minimum absolute atomic E-state index is 0.131. The Kier molecular flexibility index (Phi) is 5.11. The standard InChI is InChI=1S/C11H12F3NO3/c1-18-3-2-15-10(11(16)17)6-4-8(13)9(14)5-7(6)12/h4-5,10,15H,2-3H2,1H3,(H,16,17). The molecule has 18 heavy (non-hydrogen) atoms. The predicted molar refractivity (Wildman–Crippen MR) is 56.6 cm³/mol. The SMILES string of the molecule is COCCNC(C(=O)O)c1cc(F)c(F)cc1F. The fraction of sp³-hybridized carbons (Fsp3) is 0.364. The van der Waals surface area contributed by atoms with Gasteiger partial charge in [0.15, 0.2) is 11.6 Å². The van der Waals surface area contributed by atoms with E-state index < -0.39 is 35.0 Å². The van der Waals surface area contributed by atoms with Crippen LogP contribution < -0.4 is 5.32 Å². The molecule has 0 spiro atoms. The zero-order valence-electron chi connectivity index (χ0n) is 9.54. The number of aliphatic carboxylic acids is 1. The molecular weight excluding hydrogens is 251 g/mol. The highest BCUT2D eigenvalue weighted by Gasteiger charge is 2.24. The van der Waals surface area contributed by atoms with Crippen LogP contribution >= 0.6 is 0 Å². The van der Waals surface area contributed by atoms with Gasteiger partial charge in [-0.25, -0.2) is 13.2 Å². The molecule has 0 heterocycles. The van der Waals surface area contributed by atoms with Crippen LogP contribution in [0.2, 0.25) is 0 Å². The third kappa shape index (κ3) is 3.44. The molecule has 0 fully saturated rings. The Bertz CT molecular complexity index is 440. The van der Waals surface area contributed by atoms with Crippen LogP contribution in [-0.2, 0) is 9.53 Å². The molecule has 1 unspecified atom stereocenters. The number of carboxylic acids is 1. The second-order valence-electron chi connectivity index (χ2n) is 3.51. The summed E-state index contributed by atoms with van der Waals surface area (Å²) in [6, 6.07) is -0.614. The van der Waals surface area contributed by atoms with Crippen LogP contribution in [0.15, 0.2) is 12.1 Å². The second-order valence-corrected chi connectivity index (χ2v) is 3.51. The van der Waals surface area contributed by atoms with E-state index in [4.69, 9.17) is 9.84 Å². The van der Waals surface area contributed by atoms with Crippen molar-refractivity contribution < 1.29 is 27.8 Å². The molecule has 0 saturated carbocycles. The number of benzene rings is 1. The van der Waals surface area contributed by atoms with Crippen molar-refractivity contribution in [2.24, 2.45) is 0 Å². The van der Waals surface area contributed by atoms with E-state index in [1.807, 2.05) is 0 Å². The third-order valence-corrected chi connectivity index (χ3v) is 2.25. The lowest BCUT2D eigenvalue weighted by atomic mass is 10.1. The molecule has 0 aliphatic rings. The highest BCUT2D eigenvalue weighted by Crippen LogP contribution is 2.20.